The molecule has 0 saturated carbocycles. The number of nitrogens with zero attached hydrogens (tertiary/aromatic N) is 2. The van der Waals surface area contributed by atoms with Gasteiger partial charge in [0.15, 0.2) is 17.2 Å². The number of carbonyl (C=O) groups excluding carboxylic acids is 1. The first-order valence-corrected chi connectivity index (χ1v) is 12.5. The first-order valence-electron chi connectivity index (χ1n) is 11.7. The molecule has 0 atom stereocenters. The maximum Gasteiger partial charge on any atom is 0.416 e. The Balaban J connectivity index is 0.000000402. The van der Waals surface area contributed by atoms with Crippen molar-refractivity contribution in [3.63, 3.8) is 0 Å². The molecule has 0 aliphatic heterocycles. The van der Waals surface area contributed by atoms with Crippen LogP contribution in [-0.2, 0) is 24.6 Å². The maximum absolute atomic E-state index is 13.1. The van der Waals surface area contributed by atoms with Crippen LogP contribution in [0.3, 0.4) is 0 Å². The van der Waals surface area contributed by atoms with E-state index < -0.39 is 39.8 Å². The van der Waals surface area contributed by atoms with E-state index in [0.717, 1.165) is 31.7 Å². The van der Waals surface area contributed by atoms with Crippen molar-refractivity contribution < 1.29 is 23.1 Å². The van der Waals surface area contributed by atoms with Crippen LogP contribution in [0.1, 0.15) is 67.7 Å². The summed E-state index contributed by atoms with van der Waals surface area (Å²) in [7, 11) is 0. The lowest BCUT2D eigenvalue weighted by Crippen LogP contribution is -2.33. The summed E-state index contributed by atoms with van der Waals surface area (Å²) in [6.07, 6.45) is -1.37. The second kappa shape index (κ2) is 12.6. The molecule has 1 N–H and O–H groups in total. The molecule has 0 unspecified atom stereocenters. The predicted molar refractivity (Wildman–Crippen MR) is 140 cm³/mol. The molecule has 37 heavy (non-hydrogen) atoms. The van der Waals surface area contributed by atoms with E-state index in [-0.39, 0.29) is 6.54 Å². The topological polar surface area (TPSA) is 72.2 Å². The summed E-state index contributed by atoms with van der Waals surface area (Å²) in [6.45, 7) is 7.04. The smallest absolute Gasteiger partial charge is 0.416 e. The number of hydrogen-bond donors (Lipinski definition) is 1. The van der Waals surface area contributed by atoms with Gasteiger partial charge in [0, 0.05) is 12.3 Å². The van der Waals surface area contributed by atoms with Gasteiger partial charge in [-0.3, -0.25) is 14.3 Å². The number of rotatable bonds is 7. The molecular formula is C27H29Cl2F3N2O3. The highest BCUT2D eigenvalue weighted by molar-refractivity contribution is 6.42. The van der Waals surface area contributed by atoms with Crippen molar-refractivity contribution >= 4 is 29.0 Å². The Morgan fingerprint density at radius 1 is 1.00 bits per heavy atom. The van der Waals surface area contributed by atoms with Crippen molar-refractivity contribution in [3.05, 3.63) is 91.3 Å². The summed E-state index contributed by atoms with van der Waals surface area (Å²) < 4.78 is 40.6. The van der Waals surface area contributed by atoms with E-state index >= 15 is 0 Å². The van der Waals surface area contributed by atoms with Gasteiger partial charge in [0.2, 0.25) is 0 Å². The van der Waals surface area contributed by atoms with E-state index in [0.29, 0.717) is 28.5 Å². The Kier molecular flexibility index (Phi) is 10.4. The summed E-state index contributed by atoms with van der Waals surface area (Å²) >= 11 is 11.5. The number of benzene rings is 2. The van der Waals surface area contributed by atoms with E-state index in [2.05, 4.69) is 12.0 Å². The Morgan fingerprint density at radius 2 is 1.62 bits per heavy atom. The monoisotopic (exact) mass is 556 g/mol. The molecular weight excluding hydrogens is 528 g/mol. The molecule has 0 amide bonds. The number of alkyl halides is 3. The predicted octanol–water partition coefficient (Wildman–Crippen LogP) is 7.48. The molecule has 5 nitrogen and oxygen atoms in total. The molecule has 200 valence electrons. The van der Waals surface area contributed by atoms with Crippen molar-refractivity contribution in [3.8, 4) is 5.75 Å². The fourth-order valence-corrected chi connectivity index (χ4v) is 4.22. The van der Waals surface area contributed by atoms with Gasteiger partial charge in [-0.15, -0.1) is 0 Å². The number of carbonyl (C=O) groups is 1. The Morgan fingerprint density at radius 3 is 2.14 bits per heavy atom. The molecule has 0 spiro atoms. The van der Waals surface area contributed by atoms with E-state index in [1.54, 1.807) is 6.07 Å². The van der Waals surface area contributed by atoms with Gasteiger partial charge in [0.25, 0.3) is 5.43 Å². The van der Waals surface area contributed by atoms with Crippen molar-refractivity contribution in [2.75, 3.05) is 0 Å². The SMILES string of the molecule is CCC(CC)(Cn1cc(O)c(=O)c(C(C)=O)n1)c1cccc(C(F)(F)F)c1.CCc1ccc(Cl)c(Cl)c1. The quantitative estimate of drug-likeness (QED) is 0.306. The molecule has 1 heterocycles. The van der Waals surface area contributed by atoms with E-state index in [4.69, 9.17) is 23.2 Å². The summed E-state index contributed by atoms with van der Waals surface area (Å²) in [4.78, 5) is 23.4. The standard InChI is InChI=1S/C19H21F3N2O3.C8H8Cl2/c1-4-18(5-2,13-7-6-8-14(9-13)19(20,21)22)11-24-10-15(26)17(27)16(23-24)12(3)25;1-2-6-3-4-7(9)8(10)5-6/h6-10,26H,4-5,11H2,1-3H3;3-5H,2H2,1H3. The number of ketones is 1. The second-order valence-electron chi connectivity index (χ2n) is 8.61. The Bertz CT molecular complexity index is 1300. The maximum atomic E-state index is 13.1. The highest BCUT2D eigenvalue weighted by Crippen LogP contribution is 2.37. The summed E-state index contributed by atoms with van der Waals surface area (Å²) in [5.41, 5.74) is -1.03. The molecule has 10 heteroatoms. The number of halogens is 5. The van der Waals surface area contributed by atoms with Gasteiger partial charge in [-0.1, -0.05) is 68.2 Å². The summed E-state index contributed by atoms with van der Waals surface area (Å²) in [5.74, 6) is -1.22. The zero-order valence-corrected chi connectivity index (χ0v) is 22.5. The van der Waals surface area contributed by atoms with E-state index in [1.807, 2.05) is 32.0 Å². The Hall–Kier alpha value is -2.84. The van der Waals surface area contributed by atoms with Crippen LogP contribution in [0.4, 0.5) is 13.2 Å². The van der Waals surface area contributed by atoms with Gasteiger partial charge >= 0.3 is 6.18 Å². The lowest BCUT2D eigenvalue weighted by molar-refractivity contribution is -0.137. The van der Waals surface area contributed by atoms with Crippen LogP contribution in [0.25, 0.3) is 0 Å². The van der Waals surface area contributed by atoms with Gasteiger partial charge in [0.1, 0.15) is 0 Å². The number of Topliss-reactive ketones (excluding diaryl/α,β-unsaturated/α-hetero) is 1. The third-order valence-corrected chi connectivity index (χ3v) is 7.03. The summed E-state index contributed by atoms with van der Waals surface area (Å²) in [6, 6.07) is 10.8. The van der Waals surface area contributed by atoms with E-state index in [1.165, 1.54) is 16.3 Å². The van der Waals surface area contributed by atoms with E-state index in [9.17, 15) is 27.9 Å². The largest absolute Gasteiger partial charge is 0.503 e. The van der Waals surface area contributed by atoms with Gasteiger partial charge < -0.3 is 5.11 Å². The lowest BCUT2D eigenvalue weighted by Gasteiger charge is -2.33. The van der Waals surface area contributed by atoms with Gasteiger partial charge in [-0.05, 0) is 48.6 Å². The average molecular weight is 557 g/mol. The molecule has 3 aromatic rings. The molecule has 3 rings (SSSR count). The lowest BCUT2D eigenvalue weighted by atomic mass is 9.75. The van der Waals surface area contributed by atoms with Crippen molar-refractivity contribution in [1.82, 2.24) is 9.78 Å². The first kappa shape index (κ1) is 30.4. The van der Waals surface area contributed by atoms with Crippen molar-refractivity contribution in [1.29, 1.82) is 0 Å². The van der Waals surface area contributed by atoms with Crippen LogP contribution < -0.4 is 5.43 Å². The molecule has 0 radical (unpaired) electrons. The third-order valence-electron chi connectivity index (χ3n) is 6.29. The normalized spacial score (nSPS) is 11.6. The van der Waals surface area contributed by atoms with Crippen LogP contribution in [0.15, 0.2) is 53.5 Å². The zero-order chi connectivity index (χ0) is 28.0. The minimum atomic E-state index is -4.46. The highest BCUT2D eigenvalue weighted by atomic mass is 35.5. The molecule has 2 aromatic carbocycles. The fraction of sp³-hybridized carbons (Fsp3) is 0.370. The van der Waals surface area contributed by atoms with Gasteiger partial charge in [0.05, 0.1) is 28.4 Å². The van der Waals surface area contributed by atoms with Crippen LogP contribution >= 0.6 is 23.2 Å². The van der Waals surface area contributed by atoms with Crippen LogP contribution in [0.2, 0.25) is 10.0 Å². The highest BCUT2D eigenvalue weighted by Gasteiger charge is 2.35. The molecule has 0 aliphatic rings. The van der Waals surface area contributed by atoms with Crippen LogP contribution in [0, 0.1) is 0 Å². The Labute approximate surface area is 223 Å². The molecule has 1 aromatic heterocycles. The fourth-order valence-electron chi connectivity index (χ4n) is 3.90. The molecule has 0 aliphatic carbocycles. The number of aryl methyl sites for hydroxylation is 1. The third kappa shape index (κ3) is 7.58. The minimum Gasteiger partial charge on any atom is -0.503 e. The van der Waals surface area contributed by atoms with Crippen molar-refractivity contribution in [2.24, 2.45) is 0 Å². The zero-order valence-electron chi connectivity index (χ0n) is 21.0. The van der Waals surface area contributed by atoms with Crippen molar-refractivity contribution in [2.45, 2.75) is 65.1 Å². The van der Waals surface area contributed by atoms with Crippen LogP contribution in [-0.4, -0.2) is 20.7 Å². The number of aromatic hydroxyl groups is 1. The molecule has 0 saturated heterocycles. The second-order valence-corrected chi connectivity index (χ2v) is 9.43. The number of aromatic nitrogens is 2. The van der Waals surface area contributed by atoms with Crippen LogP contribution in [0.5, 0.6) is 5.75 Å². The average Bonchev–Trinajstić information content (AvgIpc) is 2.86. The first-order chi connectivity index (χ1) is 17.3. The van der Waals surface area contributed by atoms with Gasteiger partial charge in [-0.2, -0.15) is 18.3 Å². The molecule has 0 fully saturated rings. The molecule has 0 bridgehead atoms. The van der Waals surface area contributed by atoms with Gasteiger partial charge in [-0.25, -0.2) is 0 Å². The summed E-state index contributed by atoms with van der Waals surface area (Å²) in [5, 5.41) is 15.1. The number of hydrogen-bond acceptors (Lipinski definition) is 4. The minimum absolute atomic E-state index is 0.107.